The summed E-state index contributed by atoms with van der Waals surface area (Å²) in [6.45, 7) is 0. The summed E-state index contributed by atoms with van der Waals surface area (Å²) in [4.78, 5) is 21.4. The van der Waals surface area contributed by atoms with Crippen LogP contribution in [-0.2, 0) is 0 Å². The van der Waals surface area contributed by atoms with Gasteiger partial charge in [-0.25, -0.2) is 4.79 Å². The van der Waals surface area contributed by atoms with E-state index >= 15 is 0 Å². The zero-order chi connectivity index (χ0) is 17.6. The molecular weight excluding hydrogens is 335 g/mol. The van der Waals surface area contributed by atoms with E-state index in [1.807, 2.05) is 72.8 Å². The van der Waals surface area contributed by atoms with E-state index in [9.17, 15) is 9.59 Å². The number of aldehydes is 1. The Labute approximate surface area is 173 Å². The van der Waals surface area contributed by atoms with Crippen LogP contribution in [0.25, 0.3) is 21.5 Å². The van der Waals surface area contributed by atoms with Crippen LogP contribution in [0.2, 0.25) is 0 Å². The number of rotatable bonds is 2. The fourth-order valence-electron chi connectivity index (χ4n) is 2.77. The van der Waals surface area contributed by atoms with E-state index in [-0.39, 0.29) is 29.6 Å². The Bertz CT molecular complexity index is 1050. The van der Waals surface area contributed by atoms with Gasteiger partial charge >= 0.3 is 35.5 Å². The molecule has 4 heteroatoms. The summed E-state index contributed by atoms with van der Waals surface area (Å²) >= 11 is 0. The molecule has 4 rings (SSSR count). The quantitative estimate of drug-likeness (QED) is 0.426. The fourth-order valence-corrected chi connectivity index (χ4v) is 2.77. The van der Waals surface area contributed by atoms with Gasteiger partial charge in [0, 0.05) is 5.56 Å². The standard InChI is InChI=1S/C11H8O2.C11H8O.Na.H/c12-11(13)10-7-3-5-8-4-1-2-6-9(8)10;12-8-10-6-3-5-9-4-1-2-7-11(9)10;;/h1-7H,(H,12,13);1-8H;;. The molecule has 4 aromatic carbocycles. The number of aromatic carboxylic acids is 1. The van der Waals surface area contributed by atoms with E-state index in [0.717, 1.165) is 33.4 Å². The molecular formula is C22H17NaO3. The van der Waals surface area contributed by atoms with Crippen LogP contribution in [0.4, 0.5) is 0 Å². The second-order valence-electron chi connectivity index (χ2n) is 5.52. The number of carbonyl (C=O) groups is 2. The van der Waals surface area contributed by atoms with E-state index in [1.54, 1.807) is 12.1 Å². The molecule has 0 saturated carbocycles. The Morgan fingerprint density at radius 3 is 1.81 bits per heavy atom. The van der Waals surface area contributed by atoms with Gasteiger partial charge in [0.15, 0.2) is 6.29 Å². The van der Waals surface area contributed by atoms with Crippen molar-refractivity contribution in [2.75, 3.05) is 0 Å². The molecule has 26 heavy (non-hydrogen) atoms. The minimum atomic E-state index is -0.878. The third kappa shape index (κ3) is 4.38. The Kier molecular flexibility index (Phi) is 7.10. The molecule has 3 nitrogen and oxygen atoms in total. The molecule has 0 radical (unpaired) electrons. The van der Waals surface area contributed by atoms with E-state index in [0.29, 0.717) is 5.56 Å². The predicted octanol–water partition coefficient (Wildman–Crippen LogP) is 4.54. The van der Waals surface area contributed by atoms with E-state index in [1.165, 1.54) is 0 Å². The molecule has 0 unspecified atom stereocenters. The minimum absolute atomic E-state index is 0. The fraction of sp³-hybridized carbons (Fsp3) is 0. The molecule has 0 aliphatic carbocycles. The summed E-state index contributed by atoms with van der Waals surface area (Å²) in [6, 6.07) is 26.3. The number of fused-ring (bicyclic) bond motifs is 2. The molecule has 0 aliphatic heterocycles. The number of carboxylic acid groups (broad SMARTS) is 1. The van der Waals surface area contributed by atoms with Gasteiger partial charge in [-0.15, -0.1) is 0 Å². The van der Waals surface area contributed by atoms with Crippen LogP contribution in [0.3, 0.4) is 0 Å². The average Bonchev–Trinajstić information content (AvgIpc) is 2.67. The zero-order valence-electron chi connectivity index (χ0n) is 13.4. The van der Waals surface area contributed by atoms with Crippen molar-refractivity contribution in [1.29, 1.82) is 0 Å². The van der Waals surface area contributed by atoms with E-state index in [4.69, 9.17) is 5.11 Å². The summed E-state index contributed by atoms with van der Waals surface area (Å²) in [6.07, 6.45) is 0.891. The number of hydrogen-bond acceptors (Lipinski definition) is 2. The van der Waals surface area contributed by atoms with Gasteiger partial charge in [0.1, 0.15) is 0 Å². The van der Waals surface area contributed by atoms with Crippen LogP contribution in [0.5, 0.6) is 0 Å². The maximum atomic E-state index is 10.8. The third-order valence-corrected chi connectivity index (χ3v) is 3.97. The number of benzene rings is 4. The molecule has 0 aliphatic rings. The monoisotopic (exact) mass is 352 g/mol. The molecule has 1 N–H and O–H groups in total. The molecule has 0 amide bonds. The molecule has 0 atom stereocenters. The first-order valence-corrected chi connectivity index (χ1v) is 7.84. The van der Waals surface area contributed by atoms with Crippen molar-refractivity contribution in [1.82, 2.24) is 0 Å². The summed E-state index contributed by atoms with van der Waals surface area (Å²) < 4.78 is 0. The summed E-state index contributed by atoms with van der Waals surface area (Å²) in [7, 11) is 0. The topological polar surface area (TPSA) is 54.4 Å². The number of carboxylic acids is 1. The first kappa shape index (κ1) is 19.9. The van der Waals surface area contributed by atoms with Crippen molar-refractivity contribution >= 4 is 63.4 Å². The van der Waals surface area contributed by atoms with Crippen LogP contribution >= 0.6 is 0 Å². The van der Waals surface area contributed by atoms with Crippen molar-refractivity contribution < 1.29 is 14.7 Å². The number of hydrogen-bond donors (Lipinski definition) is 1. The van der Waals surface area contributed by atoms with Gasteiger partial charge < -0.3 is 5.11 Å². The van der Waals surface area contributed by atoms with Crippen molar-refractivity contribution in [3.63, 3.8) is 0 Å². The predicted molar refractivity (Wildman–Crippen MR) is 107 cm³/mol. The van der Waals surface area contributed by atoms with Crippen molar-refractivity contribution in [3.8, 4) is 0 Å². The molecule has 0 saturated heterocycles. The second-order valence-corrected chi connectivity index (χ2v) is 5.52. The van der Waals surface area contributed by atoms with Gasteiger partial charge in [-0.05, 0) is 27.6 Å². The Morgan fingerprint density at radius 2 is 1.19 bits per heavy atom. The molecule has 124 valence electrons. The first-order valence-electron chi connectivity index (χ1n) is 7.84. The van der Waals surface area contributed by atoms with Gasteiger partial charge in [-0.3, -0.25) is 4.79 Å². The van der Waals surface area contributed by atoms with Gasteiger partial charge in [0.25, 0.3) is 0 Å². The van der Waals surface area contributed by atoms with Crippen molar-refractivity contribution in [2.24, 2.45) is 0 Å². The summed E-state index contributed by atoms with van der Waals surface area (Å²) in [5.41, 5.74) is 1.12. The van der Waals surface area contributed by atoms with E-state index in [2.05, 4.69) is 0 Å². The Hall–Kier alpha value is -2.46. The first-order chi connectivity index (χ1) is 12.2. The average molecular weight is 352 g/mol. The normalized spacial score (nSPS) is 9.69. The SMILES string of the molecule is O=C(O)c1cccc2ccccc12.O=Cc1cccc2ccccc12.[NaH]. The second kappa shape index (κ2) is 9.30. The summed E-state index contributed by atoms with van der Waals surface area (Å²) in [5, 5.41) is 12.8. The molecule has 0 heterocycles. The van der Waals surface area contributed by atoms with Crippen molar-refractivity contribution in [2.45, 2.75) is 0 Å². The van der Waals surface area contributed by atoms with Gasteiger partial charge in [0.05, 0.1) is 5.56 Å². The van der Waals surface area contributed by atoms with Crippen LogP contribution < -0.4 is 0 Å². The van der Waals surface area contributed by atoms with Gasteiger partial charge in [-0.2, -0.15) is 0 Å². The zero-order valence-corrected chi connectivity index (χ0v) is 13.4. The van der Waals surface area contributed by atoms with Crippen LogP contribution in [-0.4, -0.2) is 46.9 Å². The maximum absolute atomic E-state index is 10.8. The van der Waals surface area contributed by atoms with Crippen LogP contribution in [0.15, 0.2) is 84.9 Å². The molecule has 0 aromatic heterocycles. The molecule has 4 aromatic rings. The van der Waals surface area contributed by atoms with Gasteiger partial charge in [-0.1, -0.05) is 78.9 Å². The third-order valence-electron chi connectivity index (χ3n) is 3.97. The molecule has 0 fully saturated rings. The molecule has 0 bridgehead atoms. The van der Waals surface area contributed by atoms with Crippen LogP contribution in [0.1, 0.15) is 20.7 Å². The Morgan fingerprint density at radius 1 is 0.692 bits per heavy atom. The summed E-state index contributed by atoms with van der Waals surface area (Å²) in [5.74, 6) is -0.878. The number of carbonyl (C=O) groups excluding carboxylic acids is 1. The van der Waals surface area contributed by atoms with Gasteiger partial charge in [0.2, 0.25) is 0 Å². The molecule has 0 spiro atoms. The van der Waals surface area contributed by atoms with Crippen molar-refractivity contribution in [3.05, 3.63) is 96.1 Å². The Balaban J connectivity index is 0.000000180. The van der Waals surface area contributed by atoms with E-state index < -0.39 is 5.97 Å². The van der Waals surface area contributed by atoms with Crippen LogP contribution in [0, 0.1) is 0 Å².